The quantitative estimate of drug-likeness (QED) is 0.653. The highest BCUT2D eigenvalue weighted by Gasteiger charge is 2.28. The molecular weight excluding hydrogens is 222 g/mol. The average Bonchev–Trinajstić information content (AvgIpc) is 2.74. The first kappa shape index (κ1) is 12.5. The van der Waals surface area contributed by atoms with Gasteiger partial charge >= 0.3 is 0 Å². The number of hydrogen-bond acceptors (Lipinski definition) is 4. The van der Waals surface area contributed by atoms with Gasteiger partial charge in [0.25, 0.3) is 11.8 Å². The molecule has 0 aliphatic heterocycles. The molecule has 8 heteroatoms. The van der Waals surface area contributed by atoms with Gasteiger partial charge in [0.05, 0.1) is 6.54 Å². The number of alkyl halides is 2. The van der Waals surface area contributed by atoms with Crippen LogP contribution < -0.4 is 5.32 Å². The number of aromatic amines is 1. The molecule has 0 aromatic carbocycles. The van der Waals surface area contributed by atoms with Gasteiger partial charge in [0.15, 0.2) is 0 Å². The maximum Gasteiger partial charge on any atom is 0.291 e. The number of H-pyrrole nitrogens is 1. The monoisotopic (exact) mass is 234 g/mol. The molecule has 16 heavy (non-hydrogen) atoms. The molecule has 0 bridgehead atoms. The highest BCUT2D eigenvalue weighted by Crippen LogP contribution is 2.09. The van der Waals surface area contributed by atoms with E-state index in [0.29, 0.717) is 12.2 Å². The van der Waals surface area contributed by atoms with Gasteiger partial charge in [-0.3, -0.25) is 9.89 Å². The summed E-state index contributed by atoms with van der Waals surface area (Å²) >= 11 is 0. The fourth-order valence-corrected chi connectivity index (χ4v) is 0.900. The molecule has 1 heterocycles. The summed E-state index contributed by atoms with van der Waals surface area (Å²) in [5, 5.41) is 16.3. The third-order valence-corrected chi connectivity index (χ3v) is 1.81. The summed E-state index contributed by atoms with van der Waals surface area (Å²) in [6, 6.07) is 0. The van der Waals surface area contributed by atoms with E-state index in [1.165, 1.54) is 0 Å². The van der Waals surface area contributed by atoms with Crippen molar-refractivity contribution in [3.63, 3.8) is 0 Å². The van der Waals surface area contributed by atoms with Crippen LogP contribution in [0.5, 0.6) is 0 Å². The van der Waals surface area contributed by atoms with E-state index in [-0.39, 0.29) is 5.82 Å². The van der Waals surface area contributed by atoms with Crippen molar-refractivity contribution < 1.29 is 18.7 Å². The Kier molecular flexibility index (Phi) is 3.88. The van der Waals surface area contributed by atoms with Gasteiger partial charge in [-0.2, -0.15) is 0 Å². The van der Waals surface area contributed by atoms with E-state index >= 15 is 0 Å². The standard InChI is InChI=1S/C8H12F2N4O2/c1-2-5-12-6(14-13-5)7(16)11-3-8(9,10)4-15/h15H,2-4H2,1H3,(H,11,16)(H,12,13,14). The second-order valence-corrected chi connectivity index (χ2v) is 3.16. The summed E-state index contributed by atoms with van der Waals surface area (Å²) in [7, 11) is 0. The Hall–Kier alpha value is -1.57. The Morgan fingerprint density at radius 3 is 2.81 bits per heavy atom. The van der Waals surface area contributed by atoms with E-state index in [4.69, 9.17) is 5.11 Å². The molecule has 0 unspecified atom stereocenters. The molecule has 90 valence electrons. The second-order valence-electron chi connectivity index (χ2n) is 3.16. The SMILES string of the molecule is CCc1nc(C(=O)NCC(F)(F)CO)n[nH]1. The molecular formula is C8H12F2N4O2. The number of hydrogen-bond donors (Lipinski definition) is 3. The predicted octanol–water partition coefficient (Wildman–Crippen LogP) is -0.276. The molecule has 1 amide bonds. The fourth-order valence-electron chi connectivity index (χ4n) is 0.900. The zero-order valence-corrected chi connectivity index (χ0v) is 8.63. The number of nitrogens with zero attached hydrogens (tertiary/aromatic N) is 2. The highest BCUT2D eigenvalue weighted by atomic mass is 19.3. The third kappa shape index (κ3) is 3.23. The highest BCUT2D eigenvalue weighted by molar-refractivity contribution is 5.90. The molecule has 0 atom stereocenters. The number of halogens is 2. The Balaban J connectivity index is 2.53. The molecule has 0 spiro atoms. The first-order valence-corrected chi connectivity index (χ1v) is 4.66. The first-order chi connectivity index (χ1) is 7.48. The molecule has 0 aliphatic carbocycles. The van der Waals surface area contributed by atoms with Gasteiger partial charge in [0.2, 0.25) is 5.82 Å². The van der Waals surface area contributed by atoms with E-state index in [2.05, 4.69) is 15.2 Å². The van der Waals surface area contributed by atoms with Gasteiger partial charge < -0.3 is 10.4 Å². The Morgan fingerprint density at radius 1 is 1.62 bits per heavy atom. The van der Waals surface area contributed by atoms with E-state index in [9.17, 15) is 13.6 Å². The zero-order chi connectivity index (χ0) is 12.2. The van der Waals surface area contributed by atoms with Crippen molar-refractivity contribution in [2.45, 2.75) is 19.3 Å². The maximum atomic E-state index is 12.6. The molecule has 3 N–H and O–H groups in total. The molecule has 1 aromatic heterocycles. The predicted molar refractivity (Wildman–Crippen MR) is 50.1 cm³/mol. The van der Waals surface area contributed by atoms with Crippen LogP contribution >= 0.6 is 0 Å². The topological polar surface area (TPSA) is 90.9 Å². The summed E-state index contributed by atoms with van der Waals surface area (Å²) in [6.45, 7) is -0.456. The molecule has 0 saturated heterocycles. The van der Waals surface area contributed by atoms with E-state index in [1.807, 2.05) is 12.2 Å². The van der Waals surface area contributed by atoms with Crippen LogP contribution in [0, 0.1) is 0 Å². The number of rotatable bonds is 5. The average molecular weight is 234 g/mol. The van der Waals surface area contributed by atoms with Crippen LogP contribution in [-0.2, 0) is 6.42 Å². The van der Waals surface area contributed by atoms with Crippen LogP contribution in [0.1, 0.15) is 23.4 Å². The Morgan fingerprint density at radius 2 is 2.31 bits per heavy atom. The van der Waals surface area contributed by atoms with Crippen LogP contribution in [0.4, 0.5) is 8.78 Å². The number of amides is 1. The summed E-state index contributed by atoms with van der Waals surface area (Å²) in [4.78, 5) is 15.0. The van der Waals surface area contributed by atoms with Crippen LogP contribution in [0.3, 0.4) is 0 Å². The molecule has 1 rings (SSSR count). The van der Waals surface area contributed by atoms with E-state index in [1.54, 1.807) is 0 Å². The Labute approximate surface area is 90.1 Å². The molecule has 6 nitrogen and oxygen atoms in total. The van der Waals surface area contributed by atoms with Crippen molar-refractivity contribution in [3.05, 3.63) is 11.6 Å². The number of aliphatic hydroxyl groups excluding tert-OH is 1. The molecule has 0 saturated carbocycles. The molecule has 0 fully saturated rings. The lowest BCUT2D eigenvalue weighted by Crippen LogP contribution is -2.39. The number of carbonyl (C=O) groups is 1. The van der Waals surface area contributed by atoms with Crippen LogP contribution in [0.25, 0.3) is 0 Å². The van der Waals surface area contributed by atoms with Crippen LogP contribution in [0.15, 0.2) is 0 Å². The molecule has 0 radical (unpaired) electrons. The van der Waals surface area contributed by atoms with Gasteiger partial charge in [-0.05, 0) is 0 Å². The summed E-state index contributed by atoms with van der Waals surface area (Å²) in [5.74, 6) is -3.83. The molecule has 1 aromatic rings. The van der Waals surface area contributed by atoms with Crippen molar-refractivity contribution in [1.29, 1.82) is 0 Å². The number of aliphatic hydroxyl groups is 1. The molecule has 0 aliphatic rings. The van der Waals surface area contributed by atoms with Crippen molar-refractivity contribution in [3.8, 4) is 0 Å². The summed E-state index contributed by atoms with van der Waals surface area (Å²) in [5.41, 5.74) is 0. The maximum absolute atomic E-state index is 12.6. The Bertz CT molecular complexity index is 367. The largest absolute Gasteiger partial charge is 0.390 e. The van der Waals surface area contributed by atoms with Crippen molar-refractivity contribution in [1.82, 2.24) is 20.5 Å². The lowest BCUT2D eigenvalue weighted by Gasteiger charge is -2.12. The van der Waals surface area contributed by atoms with Crippen LogP contribution in [0.2, 0.25) is 0 Å². The normalized spacial score (nSPS) is 11.5. The summed E-state index contributed by atoms with van der Waals surface area (Å²) in [6.07, 6.45) is 0.563. The number of nitrogens with one attached hydrogen (secondary N) is 2. The minimum absolute atomic E-state index is 0.189. The van der Waals surface area contributed by atoms with Crippen LogP contribution in [-0.4, -0.2) is 45.3 Å². The van der Waals surface area contributed by atoms with E-state index < -0.39 is 25.0 Å². The number of aromatic nitrogens is 3. The third-order valence-electron chi connectivity index (χ3n) is 1.81. The van der Waals surface area contributed by atoms with Crippen molar-refractivity contribution >= 4 is 5.91 Å². The van der Waals surface area contributed by atoms with Crippen molar-refractivity contribution in [2.75, 3.05) is 13.2 Å². The van der Waals surface area contributed by atoms with Gasteiger partial charge in [0, 0.05) is 6.42 Å². The first-order valence-electron chi connectivity index (χ1n) is 4.66. The minimum Gasteiger partial charge on any atom is -0.390 e. The van der Waals surface area contributed by atoms with Gasteiger partial charge in [-0.1, -0.05) is 6.92 Å². The lowest BCUT2D eigenvalue weighted by atomic mass is 10.3. The zero-order valence-electron chi connectivity index (χ0n) is 8.63. The number of carbonyl (C=O) groups excluding carboxylic acids is 1. The van der Waals surface area contributed by atoms with Gasteiger partial charge in [0.1, 0.15) is 12.4 Å². The van der Waals surface area contributed by atoms with Gasteiger partial charge in [-0.15, -0.1) is 5.10 Å². The second kappa shape index (κ2) is 4.97. The van der Waals surface area contributed by atoms with Crippen molar-refractivity contribution in [2.24, 2.45) is 0 Å². The summed E-state index contributed by atoms with van der Waals surface area (Å²) < 4.78 is 25.2. The van der Waals surface area contributed by atoms with E-state index in [0.717, 1.165) is 0 Å². The lowest BCUT2D eigenvalue weighted by molar-refractivity contribution is -0.0462. The smallest absolute Gasteiger partial charge is 0.291 e. The minimum atomic E-state index is -3.33. The number of aryl methyl sites for hydroxylation is 1. The fraction of sp³-hybridized carbons (Fsp3) is 0.625. The van der Waals surface area contributed by atoms with Gasteiger partial charge in [-0.25, -0.2) is 13.8 Å².